The highest BCUT2D eigenvalue weighted by Crippen LogP contribution is 2.37. The lowest BCUT2D eigenvalue weighted by atomic mass is 10.2. The number of rotatable bonds is 9. The minimum Gasteiger partial charge on any atom is -0.489 e. The molecule has 1 heterocycles. The molecule has 0 bridgehead atoms. The zero-order valence-electron chi connectivity index (χ0n) is 14.6. The molecule has 5 nitrogen and oxygen atoms in total. The molecule has 26 heavy (non-hydrogen) atoms. The standard InChI is InChI=1S/C18H22Cl2N2O3S/c1-11(2)21-9-12(23)10-25-15-6-5-14(17(19)18(15)20)22-16(24)8-13-4-3-7-26-13/h3-7,11-12,21,23H,8-10H2,1-2H3,(H,22,24). The normalized spacial score (nSPS) is 12.2. The van der Waals surface area contributed by atoms with Crippen LogP contribution in [0.25, 0.3) is 0 Å². The van der Waals surface area contributed by atoms with Crippen molar-refractivity contribution in [1.82, 2.24) is 5.32 Å². The maximum absolute atomic E-state index is 12.1. The second kappa shape index (κ2) is 10.1. The van der Waals surface area contributed by atoms with Crippen molar-refractivity contribution >= 4 is 46.1 Å². The first kappa shape index (κ1) is 21.0. The van der Waals surface area contributed by atoms with Crippen molar-refractivity contribution in [3.8, 4) is 5.75 Å². The molecule has 0 spiro atoms. The SMILES string of the molecule is CC(C)NCC(O)COc1ccc(NC(=O)Cc2cccs2)c(Cl)c1Cl. The van der Waals surface area contributed by atoms with Crippen LogP contribution in [-0.2, 0) is 11.2 Å². The molecule has 0 aliphatic carbocycles. The molecule has 1 aromatic carbocycles. The molecule has 0 aliphatic rings. The first-order valence-electron chi connectivity index (χ1n) is 8.21. The number of carbonyl (C=O) groups is 1. The van der Waals surface area contributed by atoms with Gasteiger partial charge in [-0.25, -0.2) is 0 Å². The van der Waals surface area contributed by atoms with E-state index < -0.39 is 6.10 Å². The van der Waals surface area contributed by atoms with Crippen molar-refractivity contribution in [2.75, 3.05) is 18.5 Å². The number of hydrogen-bond acceptors (Lipinski definition) is 5. The summed E-state index contributed by atoms with van der Waals surface area (Å²) in [5, 5.41) is 18.1. The van der Waals surface area contributed by atoms with E-state index in [9.17, 15) is 9.90 Å². The smallest absolute Gasteiger partial charge is 0.229 e. The highest BCUT2D eigenvalue weighted by atomic mass is 35.5. The molecule has 8 heteroatoms. The summed E-state index contributed by atoms with van der Waals surface area (Å²) in [5.41, 5.74) is 0.424. The van der Waals surface area contributed by atoms with Gasteiger partial charge in [-0.05, 0) is 23.6 Å². The van der Waals surface area contributed by atoms with Gasteiger partial charge in [-0.3, -0.25) is 4.79 Å². The molecule has 0 saturated heterocycles. The fourth-order valence-corrected chi connectivity index (χ4v) is 3.25. The molecule has 0 radical (unpaired) electrons. The van der Waals surface area contributed by atoms with Crippen LogP contribution < -0.4 is 15.4 Å². The minimum atomic E-state index is -0.669. The predicted molar refractivity (Wildman–Crippen MR) is 108 cm³/mol. The van der Waals surface area contributed by atoms with Crippen molar-refractivity contribution in [1.29, 1.82) is 0 Å². The number of aliphatic hydroxyl groups excluding tert-OH is 1. The van der Waals surface area contributed by atoms with E-state index in [1.54, 1.807) is 12.1 Å². The number of thiophene rings is 1. The Balaban J connectivity index is 1.93. The number of benzene rings is 1. The Kier molecular flexibility index (Phi) is 8.18. The summed E-state index contributed by atoms with van der Waals surface area (Å²) in [6, 6.07) is 7.33. The summed E-state index contributed by atoms with van der Waals surface area (Å²) in [7, 11) is 0. The average molecular weight is 417 g/mol. The Bertz CT molecular complexity index is 723. The quantitative estimate of drug-likeness (QED) is 0.578. The predicted octanol–water partition coefficient (Wildman–Crippen LogP) is 3.97. The number of ether oxygens (including phenoxy) is 1. The number of halogens is 2. The van der Waals surface area contributed by atoms with E-state index in [1.807, 2.05) is 31.4 Å². The van der Waals surface area contributed by atoms with Crippen molar-refractivity contribution in [2.45, 2.75) is 32.4 Å². The molecule has 3 N–H and O–H groups in total. The largest absolute Gasteiger partial charge is 0.489 e. The summed E-state index contributed by atoms with van der Waals surface area (Å²) in [6.07, 6.45) is -0.392. The Hall–Kier alpha value is -1.31. The lowest BCUT2D eigenvalue weighted by Gasteiger charge is -2.16. The van der Waals surface area contributed by atoms with Crippen LogP contribution in [0, 0.1) is 0 Å². The van der Waals surface area contributed by atoms with E-state index in [2.05, 4.69) is 10.6 Å². The van der Waals surface area contributed by atoms with Gasteiger partial charge in [0.05, 0.1) is 17.1 Å². The van der Waals surface area contributed by atoms with Crippen molar-refractivity contribution in [3.63, 3.8) is 0 Å². The van der Waals surface area contributed by atoms with Gasteiger partial charge < -0.3 is 20.5 Å². The van der Waals surface area contributed by atoms with Crippen LogP contribution in [0.5, 0.6) is 5.75 Å². The molecular weight excluding hydrogens is 395 g/mol. The second-order valence-electron chi connectivity index (χ2n) is 6.07. The zero-order valence-corrected chi connectivity index (χ0v) is 16.9. The highest BCUT2D eigenvalue weighted by molar-refractivity contribution is 7.10. The Morgan fingerprint density at radius 2 is 2.04 bits per heavy atom. The average Bonchev–Trinajstić information content (AvgIpc) is 3.09. The van der Waals surface area contributed by atoms with Gasteiger partial charge in [-0.2, -0.15) is 0 Å². The highest BCUT2D eigenvalue weighted by Gasteiger charge is 2.15. The third kappa shape index (κ3) is 6.45. The van der Waals surface area contributed by atoms with Gasteiger partial charge in [0.25, 0.3) is 0 Å². The van der Waals surface area contributed by atoms with Gasteiger partial charge in [-0.1, -0.05) is 43.1 Å². The van der Waals surface area contributed by atoms with E-state index in [4.69, 9.17) is 27.9 Å². The van der Waals surface area contributed by atoms with E-state index >= 15 is 0 Å². The maximum atomic E-state index is 12.1. The van der Waals surface area contributed by atoms with Gasteiger partial charge in [0, 0.05) is 17.5 Å². The summed E-state index contributed by atoms with van der Waals surface area (Å²) >= 11 is 14.0. The molecule has 0 aliphatic heterocycles. The molecule has 2 aromatic rings. The lowest BCUT2D eigenvalue weighted by Crippen LogP contribution is -2.35. The van der Waals surface area contributed by atoms with E-state index in [-0.39, 0.29) is 35.0 Å². The van der Waals surface area contributed by atoms with E-state index in [0.717, 1.165) is 4.88 Å². The first-order chi connectivity index (χ1) is 12.4. The molecule has 1 aromatic heterocycles. The summed E-state index contributed by atoms with van der Waals surface area (Å²) in [4.78, 5) is 13.1. The van der Waals surface area contributed by atoms with Crippen LogP contribution in [0.2, 0.25) is 10.0 Å². The number of anilines is 1. The van der Waals surface area contributed by atoms with Gasteiger partial charge in [0.1, 0.15) is 23.5 Å². The van der Waals surface area contributed by atoms with Gasteiger partial charge in [-0.15, -0.1) is 11.3 Å². The van der Waals surface area contributed by atoms with E-state index in [0.29, 0.717) is 18.0 Å². The molecule has 1 unspecified atom stereocenters. The van der Waals surface area contributed by atoms with Gasteiger partial charge >= 0.3 is 0 Å². The summed E-state index contributed by atoms with van der Waals surface area (Å²) < 4.78 is 5.54. The first-order valence-corrected chi connectivity index (χ1v) is 9.85. The molecular formula is C18H22Cl2N2O3S. The van der Waals surface area contributed by atoms with Gasteiger partial charge in [0.15, 0.2) is 0 Å². The van der Waals surface area contributed by atoms with Crippen molar-refractivity contribution < 1.29 is 14.6 Å². The second-order valence-corrected chi connectivity index (χ2v) is 7.86. The molecule has 1 amide bonds. The van der Waals surface area contributed by atoms with Crippen LogP contribution in [-0.4, -0.2) is 36.3 Å². The monoisotopic (exact) mass is 416 g/mol. The fraction of sp³-hybridized carbons (Fsp3) is 0.389. The Morgan fingerprint density at radius 3 is 2.69 bits per heavy atom. The number of carbonyl (C=O) groups excluding carboxylic acids is 1. The Labute approximate surface area is 167 Å². The molecule has 1 atom stereocenters. The van der Waals surface area contributed by atoms with Crippen molar-refractivity contribution in [2.24, 2.45) is 0 Å². The minimum absolute atomic E-state index is 0.0832. The maximum Gasteiger partial charge on any atom is 0.229 e. The fourth-order valence-electron chi connectivity index (χ4n) is 2.12. The topological polar surface area (TPSA) is 70.6 Å². The van der Waals surface area contributed by atoms with Crippen LogP contribution in [0.1, 0.15) is 18.7 Å². The van der Waals surface area contributed by atoms with Crippen LogP contribution >= 0.6 is 34.5 Å². The van der Waals surface area contributed by atoms with Gasteiger partial charge in [0.2, 0.25) is 5.91 Å². The third-order valence-corrected chi connectivity index (χ3v) is 5.17. The summed E-state index contributed by atoms with van der Waals surface area (Å²) in [5.74, 6) is 0.186. The van der Waals surface area contributed by atoms with Crippen LogP contribution in [0.15, 0.2) is 29.6 Å². The molecule has 2 rings (SSSR count). The van der Waals surface area contributed by atoms with E-state index in [1.165, 1.54) is 11.3 Å². The zero-order chi connectivity index (χ0) is 19.1. The molecule has 0 saturated carbocycles. The Morgan fingerprint density at radius 1 is 1.27 bits per heavy atom. The number of amides is 1. The summed E-state index contributed by atoms with van der Waals surface area (Å²) in [6.45, 7) is 4.49. The van der Waals surface area contributed by atoms with Crippen LogP contribution in [0.3, 0.4) is 0 Å². The third-order valence-electron chi connectivity index (χ3n) is 3.43. The van der Waals surface area contributed by atoms with Crippen molar-refractivity contribution in [3.05, 3.63) is 44.6 Å². The number of aliphatic hydroxyl groups is 1. The van der Waals surface area contributed by atoms with Crippen LogP contribution in [0.4, 0.5) is 5.69 Å². The lowest BCUT2D eigenvalue weighted by molar-refractivity contribution is -0.115. The molecule has 142 valence electrons. The molecule has 0 fully saturated rings. The number of nitrogens with one attached hydrogen (secondary N) is 2. The number of hydrogen-bond donors (Lipinski definition) is 3.